The molecule has 0 spiro atoms. The molecule has 4 heteroatoms. The Labute approximate surface area is 167 Å². The smallest absolute Gasteiger partial charge is 0.133 e. The maximum Gasteiger partial charge on any atom is 0.133 e. The molecule has 3 aromatic carbocycles. The highest BCUT2D eigenvalue weighted by Crippen LogP contribution is 2.32. The fourth-order valence-corrected chi connectivity index (χ4v) is 3.64. The molecule has 0 amide bonds. The molecular formula is C25H19FN2O. The zero-order valence-corrected chi connectivity index (χ0v) is 15.9. The molecular weight excluding hydrogens is 363 g/mol. The number of benzene rings is 3. The minimum Gasteiger partial charge on any atom is -0.464 e. The van der Waals surface area contributed by atoms with Crippen LogP contribution < -0.4 is 5.32 Å². The van der Waals surface area contributed by atoms with E-state index in [1.165, 1.54) is 0 Å². The lowest BCUT2D eigenvalue weighted by Gasteiger charge is -2.12. The Kier molecular flexibility index (Phi) is 4.24. The van der Waals surface area contributed by atoms with Gasteiger partial charge in [0.1, 0.15) is 11.4 Å². The Balaban J connectivity index is 1.58. The van der Waals surface area contributed by atoms with E-state index in [9.17, 15) is 4.39 Å². The first-order valence-electron chi connectivity index (χ1n) is 9.63. The first-order valence-corrected chi connectivity index (χ1v) is 9.63. The van der Waals surface area contributed by atoms with E-state index < -0.39 is 0 Å². The zero-order chi connectivity index (χ0) is 19.8. The number of furan rings is 1. The number of halogens is 1. The highest BCUT2D eigenvalue weighted by atomic mass is 19.1. The number of rotatable bonds is 4. The number of pyridine rings is 1. The van der Waals surface area contributed by atoms with Gasteiger partial charge in [-0.2, -0.15) is 0 Å². The Morgan fingerprint density at radius 2 is 1.90 bits per heavy atom. The normalized spacial score (nSPS) is 11.2. The van der Waals surface area contributed by atoms with E-state index in [4.69, 9.17) is 4.42 Å². The van der Waals surface area contributed by atoms with Gasteiger partial charge in [-0.15, -0.1) is 0 Å². The van der Waals surface area contributed by atoms with Crippen LogP contribution in [0.4, 0.5) is 15.8 Å². The van der Waals surface area contributed by atoms with Crippen molar-refractivity contribution in [1.29, 1.82) is 0 Å². The van der Waals surface area contributed by atoms with Crippen LogP contribution in [-0.2, 0) is 6.42 Å². The van der Waals surface area contributed by atoms with Crippen LogP contribution in [-0.4, -0.2) is 4.98 Å². The Hall–Kier alpha value is -3.66. The monoisotopic (exact) mass is 382 g/mol. The summed E-state index contributed by atoms with van der Waals surface area (Å²) in [7, 11) is 0. The van der Waals surface area contributed by atoms with Gasteiger partial charge in [-0.05, 0) is 66.1 Å². The van der Waals surface area contributed by atoms with Gasteiger partial charge in [0.25, 0.3) is 0 Å². The lowest BCUT2D eigenvalue weighted by molar-refractivity contribution is 0.616. The molecule has 5 rings (SSSR count). The molecule has 0 radical (unpaired) electrons. The second-order valence-corrected chi connectivity index (χ2v) is 7.06. The number of fused-ring (bicyclic) bond motifs is 2. The minimum absolute atomic E-state index is 0.201. The van der Waals surface area contributed by atoms with Crippen molar-refractivity contribution >= 4 is 33.2 Å². The van der Waals surface area contributed by atoms with Crippen LogP contribution in [0.3, 0.4) is 0 Å². The van der Waals surface area contributed by atoms with E-state index in [-0.39, 0.29) is 5.82 Å². The summed E-state index contributed by atoms with van der Waals surface area (Å²) in [6.45, 7) is 2.02. The van der Waals surface area contributed by atoms with Gasteiger partial charge in [0.05, 0.1) is 11.8 Å². The number of anilines is 2. The van der Waals surface area contributed by atoms with Crippen LogP contribution in [0, 0.1) is 5.82 Å². The third kappa shape index (κ3) is 3.23. The van der Waals surface area contributed by atoms with E-state index >= 15 is 0 Å². The summed E-state index contributed by atoms with van der Waals surface area (Å²) < 4.78 is 20.1. The number of nitrogens with zero attached hydrogens (tertiary/aromatic N) is 1. The summed E-state index contributed by atoms with van der Waals surface area (Å²) in [4.78, 5) is 4.46. The predicted octanol–water partition coefficient (Wildman–Crippen LogP) is 7.09. The summed E-state index contributed by atoms with van der Waals surface area (Å²) in [6, 6.07) is 21.1. The maximum absolute atomic E-state index is 14.6. The van der Waals surface area contributed by atoms with Gasteiger partial charge < -0.3 is 9.73 Å². The van der Waals surface area contributed by atoms with E-state index in [0.717, 1.165) is 50.8 Å². The Morgan fingerprint density at radius 3 is 2.76 bits per heavy atom. The van der Waals surface area contributed by atoms with Gasteiger partial charge in [0.2, 0.25) is 0 Å². The molecule has 0 saturated carbocycles. The third-order valence-corrected chi connectivity index (χ3v) is 5.23. The van der Waals surface area contributed by atoms with E-state index in [2.05, 4.69) is 10.3 Å². The summed E-state index contributed by atoms with van der Waals surface area (Å²) in [5.74, 6) is -0.201. The Bertz CT molecular complexity index is 1340. The average Bonchev–Trinajstić information content (AvgIpc) is 3.21. The van der Waals surface area contributed by atoms with Crippen molar-refractivity contribution in [1.82, 2.24) is 4.98 Å². The third-order valence-electron chi connectivity index (χ3n) is 5.23. The van der Waals surface area contributed by atoms with Crippen molar-refractivity contribution in [3.8, 4) is 11.1 Å². The predicted molar refractivity (Wildman–Crippen MR) is 116 cm³/mol. The largest absolute Gasteiger partial charge is 0.464 e. The fourth-order valence-electron chi connectivity index (χ4n) is 3.64. The molecule has 0 aliphatic carbocycles. The summed E-state index contributed by atoms with van der Waals surface area (Å²) in [6.07, 6.45) is 4.27. The second kappa shape index (κ2) is 7.06. The first kappa shape index (κ1) is 17.4. The van der Waals surface area contributed by atoms with Gasteiger partial charge in [0.15, 0.2) is 0 Å². The van der Waals surface area contributed by atoms with Gasteiger partial charge in [-0.1, -0.05) is 25.1 Å². The highest BCUT2D eigenvalue weighted by Gasteiger charge is 2.10. The lowest BCUT2D eigenvalue weighted by Crippen LogP contribution is -1.94. The van der Waals surface area contributed by atoms with Crippen molar-refractivity contribution in [2.24, 2.45) is 0 Å². The molecule has 1 N–H and O–H groups in total. The van der Waals surface area contributed by atoms with Gasteiger partial charge in [0, 0.05) is 33.9 Å². The molecule has 0 unspecified atom stereocenters. The molecule has 29 heavy (non-hydrogen) atoms. The van der Waals surface area contributed by atoms with Gasteiger partial charge in [-0.3, -0.25) is 4.98 Å². The standard InChI is InChI=1S/C25H19FN2O/c1-2-16-3-6-20(22(26)13-16)17-4-7-23-21(15-17)24(9-11-27-23)28-19-5-8-25-18(14-19)10-12-29-25/h3-15H,2H2,1H3,(H,27,28). The molecule has 0 atom stereocenters. The first-order chi connectivity index (χ1) is 14.2. The van der Waals surface area contributed by atoms with E-state index in [0.29, 0.717) is 5.56 Å². The molecule has 142 valence electrons. The highest BCUT2D eigenvalue weighted by molar-refractivity contribution is 5.96. The average molecular weight is 382 g/mol. The van der Waals surface area contributed by atoms with Crippen molar-refractivity contribution in [3.63, 3.8) is 0 Å². The molecule has 0 aliphatic rings. The number of aryl methyl sites for hydroxylation is 1. The molecule has 0 bridgehead atoms. The Morgan fingerprint density at radius 1 is 0.966 bits per heavy atom. The van der Waals surface area contributed by atoms with Crippen molar-refractivity contribution in [3.05, 3.63) is 90.6 Å². The van der Waals surface area contributed by atoms with Crippen LogP contribution in [0.15, 0.2) is 83.6 Å². The van der Waals surface area contributed by atoms with Gasteiger partial charge in [-0.25, -0.2) is 4.39 Å². The van der Waals surface area contributed by atoms with Crippen LogP contribution in [0.2, 0.25) is 0 Å². The molecule has 0 fully saturated rings. The SMILES string of the molecule is CCc1ccc(-c2ccc3nccc(Nc4ccc5occc5c4)c3c2)c(F)c1. The molecule has 2 aromatic heterocycles. The maximum atomic E-state index is 14.6. The summed E-state index contributed by atoms with van der Waals surface area (Å²) >= 11 is 0. The molecule has 2 heterocycles. The van der Waals surface area contributed by atoms with Crippen LogP contribution in [0.1, 0.15) is 12.5 Å². The van der Waals surface area contributed by atoms with Crippen molar-refractivity contribution in [2.75, 3.05) is 5.32 Å². The number of aromatic nitrogens is 1. The quantitative estimate of drug-likeness (QED) is 0.360. The summed E-state index contributed by atoms with van der Waals surface area (Å²) in [5.41, 5.74) is 6.00. The number of hydrogen-bond donors (Lipinski definition) is 1. The van der Waals surface area contributed by atoms with Crippen molar-refractivity contribution in [2.45, 2.75) is 13.3 Å². The van der Waals surface area contributed by atoms with Gasteiger partial charge >= 0.3 is 0 Å². The lowest BCUT2D eigenvalue weighted by atomic mass is 10.00. The van der Waals surface area contributed by atoms with Crippen LogP contribution in [0.25, 0.3) is 33.0 Å². The van der Waals surface area contributed by atoms with Crippen molar-refractivity contribution < 1.29 is 8.81 Å². The van der Waals surface area contributed by atoms with Crippen LogP contribution in [0.5, 0.6) is 0 Å². The van der Waals surface area contributed by atoms with Crippen LogP contribution >= 0.6 is 0 Å². The van der Waals surface area contributed by atoms with E-state index in [1.54, 1.807) is 18.5 Å². The zero-order valence-electron chi connectivity index (χ0n) is 15.9. The number of hydrogen-bond acceptors (Lipinski definition) is 3. The molecule has 5 aromatic rings. The number of nitrogens with one attached hydrogen (secondary N) is 1. The molecule has 0 saturated heterocycles. The fraction of sp³-hybridized carbons (Fsp3) is 0.0800. The topological polar surface area (TPSA) is 38.1 Å². The van der Waals surface area contributed by atoms with E-state index in [1.807, 2.05) is 67.6 Å². The minimum atomic E-state index is -0.201. The second-order valence-electron chi connectivity index (χ2n) is 7.06. The summed E-state index contributed by atoms with van der Waals surface area (Å²) in [5, 5.41) is 5.44. The molecule has 3 nitrogen and oxygen atoms in total. The molecule has 0 aliphatic heterocycles.